The van der Waals surface area contributed by atoms with E-state index in [1.54, 1.807) is 0 Å². The third-order valence-corrected chi connectivity index (χ3v) is 1.93. The number of alkyl halides is 3. The van der Waals surface area contributed by atoms with E-state index in [1.807, 2.05) is 6.92 Å². The van der Waals surface area contributed by atoms with Gasteiger partial charge in [-0.2, -0.15) is 18.3 Å². The zero-order valence-corrected chi connectivity index (χ0v) is 8.30. The first kappa shape index (κ1) is 12.0. The number of aromatic nitrogens is 3. The first-order chi connectivity index (χ1) is 7.03. The van der Waals surface area contributed by atoms with Gasteiger partial charge >= 0.3 is 6.18 Å². The number of hydrogen-bond donors (Lipinski definition) is 2. The van der Waals surface area contributed by atoms with Crippen molar-refractivity contribution in [3.05, 3.63) is 12.2 Å². The molecule has 1 atom stereocenters. The summed E-state index contributed by atoms with van der Waals surface area (Å²) in [4.78, 5) is 3.84. The first-order valence-corrected chi connectivity index (χ1v) is 4.68. The lowest BCUT2D eigenvalue weighted by Crippen LogP contribution is -2.24. The zero-order chi connectivity index (χ0) is 11.3. The highest BCUT2D eigenvalue weighted by atomic mass is 19.4. The van der Waals surface area contributed by atoms with Crippen molar-refractivity contribution in [1.29, 1.82) is 0 Å². The molecule has 7 heteroatoms. The smallest absolute Gasteiger partial charge is 0.308 e. The van der Waals surface area contributed by atoms with Crippen LogP contribution in [0.25, 0.3) is 0 Å². The SMILES string of the molecule is CCNC(CCC(F)(F)F)c1ncn[nH]1. The molecule has 0 aliphatic carbocycles. The second-order valence-corrected chi connectivity index (χ2v) is 3.13. The minimum Gasteiger partial charge on any atom is -0.308 e. The van der Waals surface area contributed by atoms with Gasteiger partial charge in [0.2, 0.25) is 0 Å². The normalized spacial score (nSPS) is 14.1. The molecule has 0 aliphatic rings. The molecule has 0 amide bonds. The molecule has 1 rings (SSSR count). The van der Waals surface area contributed by atoms with E-state index >= 15 is 0 Å². The van der Waals surface area contributed by atoms with Crippen LogP contribution in [0.3, 0.4) is 0 Å². The van der Waals surface area contributed by atoms with Crippen LogP contribution in [0.4, 0.5) is 13.2 Å². The summed E-state index contributed by atoms with van der Waals surface area (Å²) >= 11 is 0. The average molecular weight is 222 g/mol. The molecule has 86 valence electrons. The van der Waals surface area contributed by atoms with Gasteiger partial charge < -0.3 is 5.32 Å². The summed E-state index contributed by atoms with van der Waals surface area (Å²) in [6, 6.07) is -0.417. The molecule has 0 fully saturated rings. The van der Waals surface area contributed by atoms with Gasteiger partial charge in [-0.25, -0.2) is 4.98 Å². The summed E-state index contributed by atoms with van der Waals surface area (Å²) in [6.07, 6.45) is -3.71. The summed E-state index contributed by atoms with van der Waals surface area (Å²) in [5, 5.41) is 9.10. The van der Waals surface area contributed by atoms with Gasteiger partial charge in [0.15, 0.2) is 0 Å². The summed E-state index contributed by atoms with van der Waals surface area (Å²) in [7, 11) is 0. The predicted octanol–water partition coefficient (Wildman–Crippen LogP) is 1.80. The second-order valence-electron chi connectivity index (χ2n) is 3.13. The fraction of sp³-hybridized carbons (Fsp3) is 0.750. The molecular weight excluding hydrogens is 209 g/mol. The molecule has 0 bridgehead atoms. The van der Waals surface area contributed by atoms with Crippen molar-refractivity contribution >= 4 is 0 Å². The Hall–Kier alpha value is -1.11. The lowest BCUT2D eigenvalue weighted by atomic mass is 10.1. The number of halogens is 3. The van der Waals surface area contributed by atoms with Gasteiger partial charge in [0, 0.05) is 6.42 Å². The number of nitrogens with zero attached hydrogens (tertiary/aromatic N) is 2. The summed E-state index contributed by atoms with van der Waals surface area (Å²) in [6.45, 7) is 2.42. The highest BCUT2D eigenvalue weighted by molar-refractivity contribution is 4.91. The highest BCUT2D eigenvalue weighted by Crippen LogP contribution is 2.25. The average Bonchev–Trinajstić information content (AvgIpc) is 2.63. The number of H-pyrrole nitrogens is 1. The van der Waals surface area contributed by atoms with Gasteiger partial charge in [0.1, 0.15) is 12.2 Å². The Morgan fingerprint density at radius 3 is 2.73 bits per heavy atom. The topological polar surface area (TPSA) is 53.6 Å². The van der Waals surface area contributed by atoms with Crippen molar-refractivity contribution in [3.63, 3.8) is 0 Å². The Bertz CT molecular complexity index is 270. The van der Waals surface area contributed by atoms with Crippen LogP contribution in [0.15, 0.2) is 6.33 Å². The van der Waals surface area contributed by atoms with Gasteiger partial charge in [0.05, 0.1) is 6.04 Å². The van der Waals surface area contributed by atoms with Crippen LogP contribution >= 0.6 is 0 Å². The highest BCUT2D eigenvalue weighted by Gasteiger charge is 2.29. The lowest BCUT2D eigenvalue weighted by Gasteiger charge is -2.15. The van der Waals surface area contributed by atoms with Gasteiger partial charge in [-0.1, -0.05) is 6.92 Å². The Morgan fingerprint density at radius 1 is 1.53 bits per heavy atom. The molecule has 15 heavy (non-hydrogen) atoms. The quantitative estimate of drug-likeness (QED) is 0.798. The Labute approximate surface area is 85.3 Å². The first-order valence-electron chi connectivity index (χ1n) is 4.68. The maximum Gasteiger partial charge on any atom is 0.389 e. The minimum atomic E-state index is -4.13. The van der Waals surface area contributed by atoms with Crippen molar-refractivity contribution in [3.8, 4) is 0 Å². The molecule has 1 aromatic rings. The van der Waals surface area contributed by atoms with Crippen LogP contribution in [0.5, 0.6) is 0 Å². The third-order valence-electron chi connectivity index (χ3n) is 1.93. The van der Waals surface area contributed by atoms with Gasteiger partial charge in [-0.3, -0.25) is 5.10 Å². The summed E-state index contributed by atoms with van der Waals surface area (Å²) in [5.74, 6) is 0.445. The monoisotopic (exact) mass is 222 g/mol. The van der Waals surface area contributed by atoms with E-state index in [0.29, 0.717) is 12.4 Å². The van der Waals surface area contributed by atoms with Gasteiger partial charge in [-0.15, -0.1) is 0 Å². The molecule has 1 unspecified atom stereocenters. The predicted molar refractivity (Wildman–Crippen MR) is 48.1 cm³/mol. The molecule has 0 spiro atoms. The molecule has 4 nitrogen and oxygen atoms in total. The fourth-order valence-corrected chi connectivity index (χ4v) is 1.27. The van der Waals surface area contributed by atoms with E-state index in [9.17, 15) is 13.2 Å². The van der Waals surface area contributed by atoms with E-state index < -0.39 is 18.6 Å². The molecule has 2 N–H and O–H groups in total. The fourth-order valence-electron chi connectivity index (χ4n) is 1.27. The van der Waals surface area contributed by atoms with Crippen LogP contribution < -0.4 is 5.32 Å². The van der Waals surface area contributed by atoms with Gasteiger partial charge in [-0.05, 0) is 13.0 Å². The Morgan fingerprint density at radius 2 is 2.27 bits per heavy atom. The van der Waals surface area contributed by atoms with Crippen molar-refractivity contribution < 1.29 is 13.2 Å². The standard InChI is InChI=1S/C8H13F3N4/c1-2-12-6(3-4-8(9,10)11)7-13-5-14-15-7/h5-6,12H,2-4H2,1H3,(H,13,14,15). The van der Waals surface area contributed by atoms with Crippen LogP contribution in [-0.2, 0) is 0 Å². The molecule has 0 saturated heterocycles. The van der Waals surface area contributed by atoms with Gasteiger partial charge in [0.25, 0.3) is 0 Å². The summed E-state index contributed by atoms with van der Waals surface area (Å²) < 4.78 is 36.1. The second kappa shape index (κ2) is 5.11. The molecule has 1 heterocycles. The number of hydrogen-bond acceptors (Lipinski definition) is 3. The molecule has 1 aromatic heterocycles. The maximum atomic E-state index is 12.0. The van der Waals surface area contributed by atoms with Crippen molar-refractivity contribution in [1.82, 2.24) is 20.5 Å². The molecule has 0 aromatic carbocycles. The summed E-state index contributed by atoms with van der Waals surface area (Å²) in [5.41, 5.74) is 0. The van der Waals surface area contributed by atoms with Crippen molar-refractivity contribution in [2.24, 2.45) is 0 Å². The minimum absolute atomic E-state index is 0.0352. The molecular formula is C8H13F3N4. The molecule has 0 aliphatic heterocycles. The van der Waals surface area contributed by atoms with E-state index in [2.05, 4.69) is 20.5 Å². The van der Waals surface area contributed by atoms with Crippen LogP contribution in [-0.4, -0.2) is 27.9 Å². The van der Waals surface area contributed by atoms with Crippen molar-refractivity contribution in [2.45, 2.75) is 32.0 Å². The van der Waals surface area contributed by atoms with E-state index in [1.165, 1.54) is 6.33 Å². The largest absolute Gasteiger partial charge is 0.389 e. The zero-order valence-electron chi connectivity index (χ0n) is 8.30. The Balaban J connectivity index is 2.52. The maximum absolute atomic E-state index is 12.0. The van der Waals surface area contributed by atoms with E-state index in [4.69, 9.17) is 0 Å². The lowest BCUT2D eigenvalue weighted by molar-refractivity contribution is -0.136. The third kappa shape index (κ3) is 4.28. The molecule has 0 saturated carbocycles. The van der Waals surface area contributed by atoms with E-state index in [0.717, 1.165) is 0 Å². The molecule has 0 radical (unpaired) electrons. The van der Waals surface area contributed by atoms with Crippen LogP contribution in [0.1, 0.15) is 31.6 Å². The van der Waals surface area contributed by atoms with Crippen molar-refractivity contribution in [2.75, 3.05) is 6.54 Å². The van der Waals surface area contributed by atoms with Crippen LogP contribution in [0, 0.1) is 0 Å². The van der Waals surface area contributed by atoms with Crippen LogP contribution in [0.2, 0.25) is 0 Å². The van der Waals surface area contributed by atoms with E-state index in [-0.39, 0.29) is 6.42 Å². The number of aromatic amines is 1. The Kier molecular flexibility index (Phi) is 4.07. The number of nitrogens with one attached hydrogen (secondary N) is 2. The number of rotatable bonds is 5.